The number of amides is 1. The molecule has 0 radical (unpaired) electrons. The third kappa shape index (κ3) is 3.92. The van der Waals surface area contributed by atoms with E-state index in [-0.39, 0.29) is 5.57 Å². The van der Waals surface area contributed by atoms with E-state index in [4.69, 9.17) is 28.5 Å². The monoisotopic (exact) mass is 280 g/mol. The largest absolute Gasteiger partial charge is 0.348 e. The number of nitrogens with one attached hydrogen (secondary N) is 1. The molecule has 1 aromatic rings. The summed E-state index contributed by atoms with van der Waals surface area (Å²) in [5, 5.41) is 12.3. The van der Waals surface area contributed by atoms with Gasteiger partial charge < -0.3 is 5.32 Å². The van der Waals surface area contributed by atoms with Crippen molar-refractivity contribution in [2.45, 2.75) is 0 Å². The predicted molar refractivity (Wildman–Crippen MR) is 73.3 cm³/mol. The molecule has 1 N–H and O–H groups in total. The van der Waals surface area contributed by atoms with Gasteiger partial charge in [0.2, 0.25) is 0 Å². The molecule has 0 spiro atoms. The van der Waals surface area contributed by atoms with Gasteiger partial charge in [-0.15, -0.1) is 6.58 Å². The Labute approximate surface area is 115 Å². The maximum Gasteiger partial charge on any atom is 0.262 e. The maximum atomic E-state index is 11.6. The Hall–Kier alpha value is -1.76. The second-order valence-corrected chi connectivity index (χ2v) is 4.18. The molecule has 0 atom stereocenters. The van der Waals surface area contributed by atoms with Crippen LogP contribution in [0.25, 0.3) is 6.08 Å². The third-order valence-electron chi connectivity index (χ3n) is 2.03. The summed E-state index contributed by atoms with van der Waals surface area (Å²) in [6, 6.07) is 6.65. The molecule has 0 aliphatic rings. The van der Waals surface area contributed by atoms with E-state index in [1.807, 2.05) is 6.07 Å². The average Bonchev–Trinajstić information content (AvgIpc) is 2.35. The number of halogens is 2. The Bertz CT molecular complexity index is 544. The van der Waals surface area contributed by atoms with Gasteiger partial charge in [-0.2, -0.15) is 5.26 Å². The Morgan fingerprint density at radius 2 is 2.22 bits per heavy atom. The first kappa shape index (κ1) is 14.3. The van der Waals surface area contributed by atoms with Crippen LogP contribution >= 0.6 is 23.2 Å². The highest BCUT2D eigenvalue weighted by Crippen LogP contribution is 2.23. The highest BCUT2D eigenvalue weighted by Gasteiger charge is 2.08. The number of hydrogen-bond donors (Lipinski definition) is 1. The van der Waals surface area contributed by atoms with E-state index in [9.17, 15) is 4.79 Å². The van der Waals surface area contributed by atoms with Gasteiger partial charge in [-0.3, -0.25) is 4.79 Å². The Balaban J connectivity index is 3.01. The van der Waals surface area contributed by atoms with Gasteiger partial charge in [-0.05, 0) is 23.8 Å². The summed E-state index contributed by atoms with van der Waals surface area (Å²) in [5.41, 5.74) is 0.535. The lowest BCUT2D eigenvalue weighted by molar-refractivity contribution is -0.116. The van der Waals surface area contributed by atoms with Crippen molar-refractivity contribution >= 4 is 35.2 Å². The van der Waals surface area contributed by atoms with Gasteiger partial charge in [0, 0.05) is 16.6 Å². The van der Waals surface area contributed by atoms with Gasteiger partial charge in [0.05, 0.1) is 0 Å². The zero-order valence-electron chi connectivity index (χ0n) is 9.41. The van der Waals surface area contributed by atoms with Crippen LogP contribution in [0.15, 0.2) is 36.4 Å². The minimum absolute atomic E-state index is 0.0268. The van der Waals surface area contributed by atoms with Crippen LogP contribution in [0, 0.1) is 11.3 Å². The van der Waals surface area contributed by atoms with E-state index in [1.54, 1.807) is 18.2 Å². The van der Waals surface area contributed by atoms with Gasteiger partial charge in [-0.1, -0.05) is 35.3 Å². The fourth-order valence-corrected chi connectivity index (χ4v) is 1.65. The van der Waals surface area contributed by atoms with Gasteiger partial charge in [-0.25, -0.2) is 0 Å². The van der Waals surface area contributed by atoms with Crippen LogP contribution in [0.1, 0.15) is 5.56 Å². The van der Waals surface area contributed by atoms with E-state index < -0.39 is 5.91 Å². The molecule has 0 aliphatic heterocycles. The number of nitrogens with zero attached hydrogens (tertiary/aromatic N) is 1. The van der Waals surface area contributed by atoms with Gasteiger partial charge in [0.15, 0.2) is 0 Å². The number of benzene rings is 1. The van der Waals surface area contributed by atoms with Crippen molar-refractivity contribution in [3.05, 3.63) is 52.0 Å². The highest BCUT2D eigenvalue weighted by atomic mass is 35.5. The number of rotatable bonds is 4. The number of nitriles is 1. The summed E-state index contributed by atoms with van der Waals surface area (Å²) in [7, 11) is 0. The number of carbonyl (C=O) groups is 1. The number of hydrogen-bond acceptors (Lipinski definition) is 2. The van der Waals surface area contributed by atoms with Crippen LogP contribution in [0.2, 0.25) is 10.0 Å². The zero-order chi connectivity index (χ0) is 13.5. The Morgan fingerprint density at radius 1 is 1.50 bits per heavy atom. The molecule has 0 saturated carbocycles. The molecule has 3 nitrogen and oxygen atoms in total. The van der Waals surface area contributed by atoms with E-state index >= 15 is 0 Å². The third-order valence-corrected chi connectivity index (χ3v) is 2.60. The fourth-order valence-electron chi connectivity index (χ4n) is 1.18. The van der Waals surface area contributed by atoms with E-state index in [0.29, 0.717) is 22.2 Å². The van der Waals surface area contributed by atoms with Crippen molar-refractivity contribution < 1.29 is 4.79 Å². The smallest absolute Gasteiger partial charge is 0.262 e. The lowest BCUT2D eigenvalue weighted by Crippen LogP contribution is -2.24. The summed E-state index contributed by atoms with van der Waals surface area (Å²) in [6.07, 6.45) is 2.94. The van der Waals surface area contributed by atoms with Gasteiger partial charge in [0.1, 0.15) is 11.6 Å². The average molecular weight is 281 g/mol. The summed E-state index contributed by atoms with van der Waals surface area (Å²) < 4.78 is 0. The van der Waals surface area contributed by atoms with Gasteiger partial charge in [0.25, 0.3) is 5.91 Å². The van der Waals surface area contributed by atoms with Crippen LogP contribution < -0.4 is 5.32 Å². The normalized spacial score (nSPS) is 10.6. The molecule has 0 aliphatic carbocycles. The molecule has 0 bridgehead atoms. The summed E-state index contributed by atoms with van der Waals surface area (Å²) in [6.45, 7) is 3.77. The summed E-state index contributed by atoms with van der Waals surface area (Å²) in [5.74, 6) is -0.469. The SMILES string of the molecule is C=CCNC(=O)/C(C#N)=C/c1ccc(Cl)cc1Cl. The van der Waals surface area contributed by atoms with Crippen molar-refractivity contribution in [2.24, 2.45) is 0 Å². The standard InChI is InChI=1S/C13H10Cl2N2O/c1-2-5-17-13(18)10(8-16)6-9-3-4-11(14)7-12(9)15/h2-4,6-7H,1,5H2,(H,17,18)/b10-6+. The molecule has 1 amide bonds. The minimum atomic E-state index is -0.469. The molecule has 0 aromatic heterocycles. The summed E-state index contributed by atoms with van der Waals surface area (Å²) in [4.78, 5) is 11.6. The quantitative estimate of drug-likeness (QED) is 0.523. The summed E-state index contributed by atoms with van der Waals surface area (Å²) >= 11 is 11.7. The maximum absolute atomic E-state index is 11.6. The predicted octanol–water partition coefficient (Wildman–Crippen LogP) is 3.20. The van der Waals surface area contributed by atoms with Crippen molar-refractivity contribution in [3.8, 4) is 6.07 Å². The lowest BCUT2D eigenvalue weighted by Gasteiger charge is -2.02. The van der Waals surface area contributed by atoms with E-state index in [0.717, 1.165) is 0 Å². The molecule has 0 unspecified atom stereocenters. The van der Waals surface area contributed by atoms with Crippen LogP contribution in [0.3, 0.4) is 0 Å². The molecule has 1 aromatic carbocycles. The Kier molecular flexibility index (Phi) is 5.44. The van der Waals surface area contributed by atoms with Gasteiger partial charge >= 0.3 is 0 Å². The first-order valence-corrected chi connectivity index (χ1v) is 5.80. The molecule has 5 heteroatoms. The van der Waals surface area contributed by atoms with E-state index in [2.05, 4.69) is 11.9 Å². The molecule has 92 valence electrons. The molecule has 0 fully saturated rings. The first-order chi connectivity index (χ1) is 8.58. The van der Waals surface area contributed by atoms with Crippen LogP contribution in [-0.2, 0) is 4.79 Å². The molecular formula is C13H10Cl2N2O. The minimum Gasteiger partial charge on any atom is -0.348 e. The zero-order valence-corrected chi connectivity index (χ0v) is 10.9. The molecule has 18 heavy (non-hydrogen) atoms. The fraction of sp³-hybridized carbons (Fsp3) is 0.0769. The molecule has 1 rings (SSSR count). The second-order valence-electron chi connectivity index (χ2n) is 3.33. The lowest BCUT2D eigenvalue weighted by atomic mass is 10.1. The van der Waals surface area contributed by atoms with Crippen molar-refractivity contribution in [1.82, 2.24) is 5.32 Å². The van der Waals surface area contributed by atoms with Crippen LogP contribution in [0.4, 0.5) is 0 Å². The van der Waals surface area contributed by atoms with Crippen LogP contribution in [0.5, 0.6) is 0 Å². The van der Waals surface area contributed by atoms with Crippen molar-refractivity contribution in [3.63, 3.8) is 0 Å². The second kappa shape index (κ2) is 6.85. The van der Waals surface area contributed by atoms with Crippen molar-refractivity contribution in [1.29, 1.82) is 5.26 Å². The number of carbonyl (C=O) groups excluding carboxylic acids is 1. The van der Waals surface area contributed by atoms with Crippen molar-refractivity contribution in [2.75, 3.05) is 6.54 Å². The molecule has 0 heterocycles. The first-order valence-electron chi connectivity index (χ1n) is 5.04. The topological polar surface area (TPSA) is 52.9 Å². The molecular weight excluding hydrogens is 271 g/mol. The highest BCUT2D eigenvalue weighted by molar-refractivity contribution is 6.35. The van der Waals surface area contributed by atoms with Crippen LogP contribution in [-0.4, -0.2) is 12.5 Å². The molecule has 0 saturated heterocycles. The Morgan fingerprint density at radius 3 is 2.78 bits per heavy atom. The van der Waals surface area contributed by atoms with E-state index in [1.165, 1.54) is 12.2 Å².